The van der Waals surface area contributed by atoms with Gasteiger partial charge in [-0.1, -0.05) is 0 Å². The molecule has 70 valence electrons. The summed E-state index contributed by atoms with van der Waals surface area (Å²) in [5, 5.41) is 1.76. The van der Waals surface area contributed by atoms with E-state index in [9.17, 15) is 9.18 Å². The fourth-order valence-electron chi connectivity index (χ4n) is 0.722. The molecule has 0 aromatic carbocycles. The average molecular weight is 203 g/mol. The number of hydrogen-bond donors (Lipinski definition) is 1. The Morgan fingerprint density at radius 2 is 2.38 bits per heavy atom. The first kappa shape index (κ1) is 9.92. The van der Waals surface area contributed by atoms with Crippen molar-refractivity contribution in [3.8, 4) is 0 Å². The lowest BCUT2D eigenvalue weighted by atomic mass is 10.3. The van der Waals surface area contributed by atoms with Crippen LogP contribution in [0.25, 0.3) is 0 Å². The van der Waals surface area contributed by atoms with Crippen molar-refractivity contribution in [1.29, 1.82) is 0 Å². The highest BCUT2D eigenvalue weighted by atomic mass is 35.5. The molecule has 0 fully saturated rings. The van der Waals surface area contributed by atoms with E-state index in [0.717, 1.165) is 6.20 Å². The Kier molecular flexibility index (Phi) is 3.19. The number of pyridine rings is 1. The normalized spacial score (nSPS) is 12.2. The van der Waals surface area contributed by atoms with Crippen LogP contribution in [0.1, 0.15) is 6.92 Å². The molecule has 1 rings (SSSR count). The standard InChI is InChI=1S/C8H8ClFN2O/c1-5(9)8(13)12-7-2-6(10)3-11-4-7/h2-5H,1H3,(H,12,13). The Bertz CT molecular complexity index is 317. The van der Waals surface area contributed by atoms with Gasteiger partial charge in [0.05, 0.1) is 18.1 Å². The molecule has 3 nitrogen and oxygen atoms in total. The molecule has 1 amide bonds. The van der Waals surface area contributed by atoms with Gasteiger partial charge in [-0.25, -0.2) is 4.39 Å². The number of aromatic nitrogens is 1. The van der Waals surface area contributed by atoms with Gasteiger partial charge in [0.15, 0.2) is 0 Å². The minimum atomic E-state index is -0.650. The Balaban J connectivity index is 2.69. The molecule has 0 aliphatic rings. The van der Waals surface area contributed by atoms with E-state index in [1.807, 2.05) is 0 Å². The summed E-state index contributed by atoms with van der Waals surface area (Å²) in [6.45, 7) is 1.53. The van der Waals surface area contributed by atoms with Crippen LogP contribution in [-0.4, -0.2) is 16.3 Å². The van der Waals surface area contributed by atoms with Crippen LogP contribution in [0.2, 0.25) is 0 Å². The number of amides is 1. The number of halogens is 2. The lowest BCUT2D eigenvalue weighted by molar-refractivity contribution is -0.115. The van der Waals surface area contributed by atoms with E-state index in [-0.39, 0.29) is 5.91 Å². The van der Waals surface area contributed by atoms with Gasteiger partial charge in [0, 0.05) is 6.07 Å². The third-order valence-corrected chi connectivity index (χ3v) is 1.53. The number of rotatable bonds is 2. The largest absolute Gasteiger partial charge is 0.323 e. The first-order chi connectivity index (χ1) is 6.09. The van der Waals surface area contributed by atoms with E-state index in [4.69, 9.17) is 11.6 Å². The number of alkyl halides is 1. The van der Waals surface area contributed by atoms with E-state index >= 15 is 0 Å². The molecule has 1 atom stereocenters. The maximum atomic E-state index is 12.6. The first-order valence-corrected chi connectivity index (χ1v) is 4.08. The van der Waals surface area contributed by atoms with Crippen LogP contribution in [0, 0.1) is 5.82 Å². The fourth-order valence-corrected chi connectivity index (χ4v) is 0.776. The highest BCUT2D eigenvalue weighted by Gasteiger charge is 2.09. The molecule has 0 saturated carbocycles. The molecule has 1 aromatic rings. The summed E-state index contributed by atoms with van der Waals surface area (Å²) >= 11 is 5.49. The van der Waals surface area contributed by atoms with E-state index in [1.165, 1.54) is 19.2 Å². The molecule has 0 spiro atoms. The average Bonchev–Trinajstić information content (AvgIpc) is 2.04. The van der Waals surface area contributed by atoms with Crippen molar-refractivity contribution in [3.05, 3.63) is 24.3 Å². The van der Waals surface area contributed by atoms with Gasteiger partial charge in [0.2, 0.25) is 5.91 Å². The Morgan fingerprint density at radius 3 is 2.92 bits per heavy atom. The summed E-state index contributed by atoms with van der Waals surface area (Å²) in [5.41, 5.74) is 0.303. The number of hydrogen-bond acceptors (Lipinski definition) is 2. The molecule has 5 heteroatoms. The van der Waals surface area contributed by atoms with Gasteiger partial charge in [0.1, 0.15) is 11.2 Å². The zero-order valence-electron chi connectivity index (χ0n) is 6.92. The minimum Gasteiger partial charge on any atom is -0.323 e. The van der Waals surface area contributed by atoms with Gasteiger partial charge in [-0.05, 0) is 6.92 Å². The van der Waals surface area contributed by atoms with Crippen molar-refractivity contribution in [1.82, 2.24) is 4.98 Å². The van der Waals surface area contributed by atoms with Crippen molar-refractivity contribution < 1.29 is 9.18 Å². The third kappa shape index (κ3) is 2.99. The molecule has 0 bridgehead atoms. The molecule has 1 N–H and O–H groups in total. The summed E-state index contributed by atoms with van der Waals surface area (Å²) in [7, 11) is 0. The van der Waals surface area contributed by atoms with Crippen LogP contribution in [0.15, 0.2) is 18.5 Å². The molecule has 1 heterocycles. The quantitative estimate of drug-likeness (QED) is 0.743. The Labute approximate surface area is 79.9 Å². The zero-order valence-corrected chi connectivity index (χ0v) is 7.68. The second kappa shape index (κ2) is 4.18. The molecule has 0 radical (unpaired) electrons. The van der Waals surface area contributed by atoms with Crippen LogP contribution < -0.4 is 5.32 Å². The van der Waals surface area contributed by atoms with Gasteiger partial charge < -0.3 is 5.32 Å². The highest BCUT2D eigenvalue weighted by molar-refractivity contribution is 6.32. The molecular formula is C8H8ClFN2O. The molecular weight excluding hydrogens is 195 g/mol. The maximum absolute atomic E-state index is 12.6. The second-order valence-electron chi connectivity index (χ2n) is 2.50. The van der Waals surface area contributed by atoms with Crippen molar-refractivity contribution in [2.45, 2.75) is 12.3 Å². The Hall–Kier alpha value is -1.16. The van der Waals surface area contributed by atoms with Crippen molar-refractivity contribution in [2.24, 2.45) is 0 Å². The van der Waals surface area contributed by atoms with Crippen LogP contribution in [0.5, 0.6) is 0 Å². The van der Waals surface area contributed by atoms with E-state index < -0.39 is 11.2 Å². The number of anilines is 1. The highest BCUT2D eigenvalue weighted by Crippen LogP contribution is 2.08. The number of carbonyl (C=O) groups is 1. The predicted octanol–water partition coefficient (Wildman–Crippen LogP) is 1.79. The molecule has 1 unspecified atom stereocenters. The lowest BCUT2D eigenvalue weighted by Gasteiger charge is -2.05. The summed E-state index contributed by atoms with van der Waals surface area (Å²) in [6.07, 6.45) is 2.40. The van der Waals surface area contributed by atoms with Gasteiger partial charge >= 0.3 is 0 Å². The van der Waals surface area contributed by atoms with Crippen molar-refractivity contribution in [2.75, 3.05) is 5.32 Å². The minimum absolute atomic E-state index is 0.303. The smallest absolute Gasteiger partial charge is 0.242 e. The SMILES string of the molecule is CC(Cl)C(=O)Nc1cncc(F)c1. The third-order valence-electron chi connectivity index (χ3n) is 1.33. The van der Waals surface area contributed by atoms with Gasteiger partial charge in [-0.3, -0.25) is 9.78 Å². The monoisotopic (exact) mass is 202 g/mol. The van der Waals surface area contributed by atoms with Crippen LogP contribution in [0.3, 0.4) is 0 Å². The molecule has 1 aromatic heterocycles. The number of carbonyl (C=O) groups excluding carboxylic acids is 1. The molecule has 0 aliphatic heterocycles. The molecule has 0 aliphatic carbocycles. The Morgan fingerprint density at radius 1 is 1.69 bits per heavy atom. The van der Waals surface area contributed by atoms with Crippen molar-refractivity contribution >= 4 is 23.2 Å². The summed E-state index contributed by atoms with van der Waals surface area (Å²) < 4.78 is 12.6. The van der Waals surface area contributed by atoms with Crippen LogP contribution in [0.4, 0.5) is 10.1 Å². The number of nitrogens with one attached hydrogen (secondary N) is 1. The zero-order chi connectivity index (χ0) is 9.84. The maximum Gasteiger partial charge on any atom is 0.242 e. The first-order valence-electron chi connectivity index (χ1n) is 3.65. The predicted molar refractivity (Wildman–Crippen MR) is 48.1 cm³/mol. The second-order valence-corrected chi connectivity index (χ2v) is 3.15. The van der Waals surface area contributed by atoms with Crippen molar-refractivity contribution in [3.63, 3.8) is 0 Å². The lowest BCUT2D eigenvalue weighted by Crippen LogP contribution is -2.20. The van der Waals surface area contributed by atoms with E-state index in [0.29, 0.717) is 5.69 Å². The summed E-state index contributed by atoms with van der Waals surface area (Å²) in [4.78, 5) is 14.6. The summed E-state index contributed by atoms with van der Waals surface area (Å²) in [6, 6.07) is 1.17. The molecule has 13 heavy (non-hydrogen) atoms. The van der Waals surface area contributed by atoms with Gasteiger partial charge in [-0.2, -0.15) is 0 Å². The fraction of sp³-hybridized carbons (Fsp3) is 0.250. The van der Waals surface area contributed by atoms with Crippen LogP contribution in [-0.2, 0) is 4.79 Å². The summed E-state index contributed by atoms with van der Waals surface area (Å²) in [5.74, 6) is -0.880. The number of nitrogens with zero attached hydrogens (tertiary/aromatic N) is 1. The van der Waals surface area contributed by atoms with E-state index in [2.05, 4.69) is 10.3 Å². The molecule has 0 saturated heterocycles. The topological polar surface area (TPSA) is 42.0 Å². The van der Waals surface area contributed by atoms with Crippen LogP contribution >= 0.6 is 11.6 Å². The van der Waals surface area contributed by atoms with E-state index in [1.54, 1.807) is 0 Å². The van der Waals surface area contributed by atoms with Gasteiger partial charge in [-0.15, -0.1) is 11.6 Å². The van der Waals surface area contributed by atoms with Gasteiger partial charge in [0.25, 0.3) is 0 Å².